The zero-order valence-corrected chi connectivity index (χ0v) is 29.8. The fourth-order valence-electron chi connectivity index (χ4n) is 6.39. The van der Waals surface area contributed by atoms with E-state index in [2.05, 4.69) is 95.9 Å². The van der Waals surface area contributed by atoms with E-state index in [0.717, 1.165) is 29.7 Å². The molecule has 4 nitrogen and oxygen atoms in total. The van der Waals surface area contributed by atoms with Crippen molar-refractivity contribution in [2.24, 2.45) is 23.7 Å². The van der Waals surface area contributed by atoms with Gasteiger partial charge >= 0.3 is 0 Å². The van der Waals surface area contributed by atoms with E-state index in [9.17, 15) is 0 Å². The van der Waals surface area contributed by atoms with E-state index in [0.29, 0.717) is 0 Å². The highest BCUT2D eigenvalue weighted by atomic mass is 15.1. The Morgan fingerprint density at radius 3 is 1.22 bits per heavy atom. The number of hydrogen-bond donors (Lipinski definition) is 0. The molecular formula is C37H82N4. The fourth-order valence-corrected chi connectivity index (χ4v) is 6.39. The average molecular weight is 583 g/mol. The van der Waals surface area contributed by atoms with E-state index >= 15 is 0 Å². The fraction of sp³-hybridized carbons (Fsp3) is 1.00. The zero-order valence-electron chi connectivity index (χ0n) is 29.8. The lowest BCUT2D eigenvalue weighted by Crippen LogP contribution is -2.35. The molecule has 3 fully saturated rings. The summed E-state index contributed by atoms with van der Waals surface area (Å²) in [5.74, 6) is 3.32. The maximum atomic E-state index is 2.59. The maximum absolute atomic E-state index is 2.59. The first-order valence-electron chi connectivity index (χ1n) is 17.9. The smallest absolute Gasteiger partial charge is 0.00923 e. The van der Waals surface area contributed by atoms with Crippen molar-refractivity contribution in [3.05, 3.63) is 0 Å². The predicted octanol–water partition coefficient (Wildman–Crippen LogP) is 9.39. The molecule has 0 unspecified atom stereocenters. The molecule has 0 radical (unpaired) electrons. The van der Waals surface area contributed by atoms with Crippen molar-refractivity contribution in [1.29, 1.82) is 0 Å². The van der Waals surface area contributed by atoms with Crippen LogP contribution in [-0.2, 0) is 0 Å². The first-order chi connectivity index (χ1) is 19.0. The minimum Gasteiger partial charge on any atom is -0.304 e. The molecule has 0 aromatic heterocycles. The second-order valence-corrected chi connectivity index (χ2v) is 14.7. The number of nitrogens with zero attached hydrogens (tertiary/aromatic N) is 4. The van der Waals surface area contributed by atoms with Crippen LogP contribution in [-0.4, -0.2) is 98.1 Å². The topological polar surface area (TPSA) is 13.0 Å². The molecule has 0 N–H and O–H groups in total. The summed E-state index contributed by atoms with van der Waals surface area (Å²) in [6.45, 7) is 35.6. The summed E-state index contributed by atoms with van der Waals surface area (Å²) in [6, 6.07) is 0.890. The normalized spacial score (nSPS) is 18.7. The average Bonchev–Trinajstić information content (AvgIpc) is 3.41. The first-order valence-corrected chi connectivity index (χ1v) is 17.9. The monoisotopic (exact) mass is 583 g/mol. The van der Waals surface area contributed by atoms with Crippen LogP contribution in [0.25, 0.3) is 0 Å². The van der Waals surface area contributed by atoms with Gasteiger partial charge in [0.1, 0.15) is 0 Å². The third-order valence-corrected chi connectivity index (χ3v) is 8.26. The first kappa shape index (κ1) is 43.0. The van der Waals surface area contributed by atoms with Crippen LogP contribution in [0.2, 0.25) is 0 Å². The van der Waals surface area contributed by atoms with Crippen LogP contribution in [0, 0.1) is 23.7 Å². The Balaban J connectivity index is 0. The minimum atomic E-state index is 0. The van der Waals surface area contributed by atoms with Crippen molar-refractivity contribution in [2.75, 3.05) is 72.5 Å². The van der Waals surface area contributed by atoms with Crippen molar-refractivity contribution in [3.8, 4) is 0 Å². The van der Waals surface area contributed by atoms with Crippen molar-refractivity contribution < 1.29 is 0 Å². The molecule has 3 aliphatic rings. The molecule has 0 aromatic carbocycles. The summed E-state index contributed by atoms with van der Waals surface area (Å²) in [7, 11) is 2.29. The number of rotatable bonds is 11. The molecular weight excluding hydrogens is 500 g/mol. The highest BCUT2D eigenvalue weighted by Crippen LogP contribution is 2.22. The van der Waals surface area contributed by atoms with Gasteiger partial charge in [0.25, 0.3) is 0 Å². The van der Waals surface area contributed by atoms with E-state index in [1.165, 1.54) is 130 Å². The second kappa shape index (κ2) is 27.4. The van der Waals surface area contributed by atoms with Crippen LogP contribution in [0.3, 0.4) is 0 Å². The Hall–Kier alpha value is -0.160. The molecule has 2 saturated heterocycles. The van der Waals surface area contributed by atoms with Crippen LogP contribution in [0.15, 0.2) is 0 Å². The van der Waals surface area contributed by atoms with Crippen LogP contribution < -0.4 is 0 Å². The molecule has 0 aromatic rings. The molecule has 2 aliphatic heterocycles. The standard InChI is InChI=1S/C11H23N.C9H19N.C8H17N.C8H19N.CH4/c1-10(2)9-12(3)11-7-5-4-6-8-11;1-9(2)8-10-6-4-3-5-7-10;1-8(2)7-9-5-3-4-6-9;1-5-9(6-2)7-8(3)4;/h10-11H,4-9H2,1-3H3;9H,3-8H2,1-2H3;8H,3-7H2,1-2H3;8H,5-7H2,1-4H3;1H4. The molecule has 250 valence electrons. The molecule has 41 heavy (non-hydrogen) atoms. The molecule has 0 spiro atoms. The summed E-state index contributed by atoms with van der Waals surface area (Å²) in [5.41, 5.74) is 0. The van der Waals surface area contributed by atoms with Gasteiger partial charge in [-0.05, 0) is 109 Å². The number of likely N-dealkylation sites (tertiary alicyclic amines) is 2. The van der Waals surface area contributed by atoms with Gasteiger partial charge in [0.2, 0.25) is 0 Å². The summed E-state index contributed by atoms with van der Waals surface area (Å²) < 4.78 is 0. The van der Waals surface area contributed by atoms with Gasteiger partial charge in [0, 0.05) is 32.2 Å². The molecule has 0 amide bonds. The van der Waals surface area contributed by atoms with Gasteiger partial charge in [0.15, 0.2) is 0 Å². The quantitative estimate of drug-likeness (QED) is 0.240. The Bertz CT molecular complexity index is 503. The number of piperidine rings is 1. The summed E-state index contributed by atoms with van der Waals surface area (Å²) >= 11 is 0. The zero-order chi connectivity index (χ0) is 30.3. The predicted molar refractivity (Wildman–Crippen MR) is 189 cm³/mol. The van der Waals surface area contributed by atoms with E-state index in [1.54, 1.807) is 0 Å². The van der Waals surface area contributed by atoms with Gasteiger partial charge in [-0.2, -0.15) is 0 Å². The summed E-state index contributed by atoms with van der Waals surface area (Å²) in [4.78, 5) is 10.2. The van der Waals surface area contributed by atoms with Crippen molar-refractivity contribution in [1.82, 2.24) is 19.6 Å². The second-order valence-electron chi connectivity index (χ2n) is 14.7. The molecule has 1 aliphatic carbocycles. The Morgan fingerprint density at radius 2 is 0.902 bits per heavy atom. The third-order valence-electron chi connectivity index (χ3n) is 8.26. The van der Waals surface area contributed by atoms with Crippen LogP contribution in [0.5, 0.6) is 0 Å². The van der Waals surface area contributed by atoms with Gasteiger partial charge < -0.3 is 19.6 Å². The van der Waals surface area contributed by atoms with Gasteiger partial charge in [-0.25, -0.2) is 0 Å². The Labute approximate surface area is 262 Å². The van der Waals surface area contributed by atoms with Crippen molar-refractivity contribution in [3.63, 3.8) is 0 Å². The summed E-state index contributed by atoms with van der Waals surface area (Å²) in [6.07, 6.45) is 14.4. The lowest BCUT2D eigenvalue weighted by Gasteiger charge is -2.32. The lowest BCUT2D eigenvalue weighted by atomic mass is 9.94. The van der Waals surface area contributed by atoms with E-state index in [1.807, 2.05) is 0 Å². The SMILES string of the molecule is C.CC(C)CN(C)C1CCCCC1.CC(C)CN1CCCC1.CC(C)CN1CCCCC1.CCN(CC)CC(C)C. The highest BCUT2D eigenvalue weighted by molar-refractivity contribution is 4.74. The van der Waals surface area contributed by atoms with E-state index in [4.69, 9.17) is 0 Å². The van der Waals surface area contributed by atoms with Gasteiger partial charge in [-0.15, -0.1) is 0 Å². The summed E-state index contributed by atoms with van der Waals surface area (Å²) in [5, 5.41) is 0. The highest BCUT2D eigenvalue weighted by Gasteiger charge is 2.18. The minimum absolute atomic E-state index is 0. The molecule has 3 rings (SSSR count). The van der Waals surface area contributed by atoms with Crippen LogP contribution in [0.1, 0.15) is 141 Å². The third kappa shape index (κ3) is 26.0. The molecule has 0 atom stereocenters. The van der Waals surface area contributed by atoms with Crippen molar-refractivity contribution in [2.45, 2.75) is 147 Å². The number of hydrogen-bond acceptors (Lipinski definition) is 4. The molecule has 1 saturated carbocycles. The van der Waals surface area contributed by atoms with E-state index in [-0.39, 0.29) is 7.43 Å². The van der Waals surface area contributed by atoms with Gasteiger partial charge in [-0.3, -0.25) is 0 Å². The van der Waals surface area contributed by atoms with Crippen LogP contribution >= 0.6 is 0 Å². The van der Waals surface area contributed by atoms with Crippen molar-refractivity contribution >= 4 is 0 Å². The Morgan fingerprint density at radius 1 is 0.537 bits per heavy atom. The maximum Gasteiger partial charge on any atom is 0.00923 e. The largest absolute Gasteiger partial charge is 0.304 e. The van der Waals surface area contributed by atoms with Gasteiger partial charge in [-0.1, -0.05) is 102 Å². The van der Waals surface area contributed by atoms with Gasteiger partial charge in [0.05, 0.1) is 0 Å². The molecule has 4 heteroatoms. The van der Waals surface area contributed by atoms with Crippen LogP contribution in [0.4, 0.5) is 0 Å². The molecule has 0 bridgehead atoms. The van der Waals surface area contributed by atoms with E-state index < -0.39 is 0 Å². The molecule has 2 heterocycles. The lowest BCUT2D eigenvalue weighted by molar-refractivity contribution is 0.174. The Kier molecular flexibility index (Phi) is 28.7.